The molecule has 1 aliphatic heterocycles. The first kappa shape index (κ1) is 19.3. The summed E-state index contributed by atoms with van der Waals surface area (Å²) in [6.45, 7) is 2.90. The molecule has 29 heavy (non-hydrogen) atoms. The van der Waals surface area contributed by atoms with Crippen LogP contribution in [-0.2, 0) is 13.0 Å². The molecule has 6 nitrogen and oxygen atoms in total. The van der Waals surface area contributed by atoms with Crippen molar-refractivity contribution in [3.63, 3.8) is 0 Å². The SMILES string of the molecule is COc1cc2c(cc1OC)CN(C(=O)c1c(C)nn(-c3ccccc3)c1Cl)CC2. The zero-order valence-electron chi connectivity index (χ0n) is 16.6. The van der Waals surface area contributed by atoms with E-state index in [2.05, 4.69) is 5.10 Å². The summed E-state index contributed by atoms with van der Waals surface area (Å²) < 4.78 is 12.4. The summed E-state index contributed by atoms with van der Waals surface area (Å²) in [6, 6.07) is 13.5. The van der Waals surface area contributed by atoms with Gasteiger partial charge >= 0.3 is 0 Å². The summed E-state index contributed by atoms with van der Waals surface area (Å²) >= 11 is 6.58. The van der Waals surface area contributed by atoms with Crippen LogP contribution in [0.3, 0.4) is 0 Å². The minimum absolute atomic E-state index is 0.116. The van der Waals surface area contributed by atoms with Crippen molar-refractivity contribution >= 4 is 17.5 Å². The molecule has 0 aliphatic carbocycles. The van der Waals surface area contributed by atoms with Crippen molar-refractivity contribution in [3.05, 3.63) is 70.0 Å². The summed E-state index contributed by atoms with van der Waals surface area (Å²) in [5.41, 5.74) is 4.09. The molecule has 2 aromatic carbocycles. The van der Waals surface area contributed by atoms with E-state index in [1.165, 1.54) is 0 Å². The van der Waals surface area contributed by atoms with Crippen LogP contribution < -0.4 is 9.47 Å². The van der Waals surface area contributed by atoms with Gasteiger partial charge in [-0.05, 0) is 48.7 Å². The van der Waals surface area contributed by atoms with Crippen molar-refractivity contribution in [2.75, 3.05) is 20.8 Å². The Kier molecular flexibility index (Phi) is 5.20. The maximum absolute atomic E-state index is 13.3. The molecule has 0 unspecified atom stereocenters. The Bertz CT molecular complexity index is 1060. The summed E-state index contributed by atoms with van der Waals surface area (Å²) in [5, 5.41) is 4.82. The number of carbonyl (C=O) groups excluding carboxylic acids is 1. The second kappa shape index (κ2) is 7.79. The lowest BCUT2D eigenvalue weighted by Crippen LogP contribution is -2.36. The molecule has 0 spiro atoms. The van der Waals surface area contributed by atoms with Gasteiger partial charge in [0.1, 0.15) is 5.15 Å². The fourth-order valence-electron chi connectivity index (χ4n) is 3.70. The van der Waals surface area contributed by atoms with Crippen LogP contribution in [0.5, 0.6) is 11.5 Å². The van der Waals surface area contributed by atoms with Crippen LogP contribution in [0.25, 0.3) is 5.69 Å². The number of fused-ring (bicyclic) bond motifs is 1. The third-order valence-electron chi connectivity index (χ3n) is 5.22. The van der Waals surface area contributed by atoms with Gasteiger partial charge in [-0.2, -0.15) is 5.10 Å². The lowest BCUT2D eigenvalue weighted by molar-refractivity contribution is 0.0734. The van der Waals surface area contributed by atoms with Gasteiger partial charge < -0.3 is 14.4 Å². The molecular weight excluding hydrogens is 390 g/mol. The smallest absolute Gasteiger partial charge is 0.259 e. The van der Waals surface area contributed by atoms with Gasteiger partial charge in [0.15, 0.2) is 11.5 Å². The number of para-hydroxylation sites is 1. The molecule has 150 valence electrons. The van der Waals surface area contributed by atoms with Gasteiger partial charge in [0, 0.05) is 13.1 Å². The molecule has 2 heterocycles. The Morgan fingerprint density at radius 1 is 1.07 bits per heavy atom. The first-order valence-electron chi connectivity index (χ1n) is 9.37. The van der Waals surface area contributed by atoms with Gasteiger partial charge in [0.2, 0.25) is 0 Å². The van der Waals surface area contributed by atoms with Crippen molar-refractivity contribution in [1.82, 2.24) is 14.7 Å². The van der Waals surface area contributed by atoms with E-state index >= 15 is 0 Å². The third kappa shape index (κ3) is 3.44. The fourth-order valence-corrected chi connectivity index (χ4v) is 4.05. The number of methoxy groups -OCH3 is 2. The number of hydrogen-bond acceptors (Lipinski definition) is 4. The predicted molar refractivity (Wildman–Crippen MR) is 111 cm³/mol. The molecule has 0 saturated heterocycles. The van der Waals surface area contributed by atoms with Gasteiger partial charge in [-0.25, -0.2) is 4.68 Å². The Morgan fingerprint density at radius 2 is 1.72 bits per heavy atom. The first-order chi connectivity index (χ1) is 14.0. The number of aryl methyl sites for hydroxylation is 1. The van der Waals surface area contributed by atoms with E-state index in [9.17, 15) is 4.79 Å². The van der Waals surface area contributed by atoms with Crippen molar-refractivity contribution in [2.45, 2.75) is 19.9 Å². The average Bonchev–Trinajstić information content (AvgIpc) is 3.06. The first-order valence-corrected chi connectivity index (χ1v) is 9.75. The molecule has 3 aromatic rings. The predicted octanol–water partition coefficient (Wildman–Crippen LogP) is 4.05. The van der Waals surface area contributed by atoms with Crippen molar-refractivity contribution < 1.29 is 14.3 Å². The van der Waals surface area contributed by atoms with E-state index in [-0.39, 0.29) is 5.91 Å². The summed E-state index contributed by atoms with van der Waals surface area (Å²) in [6.07, 6.45) is 0.741. The normalized spacial score (nSPS) is 13.2. The standard InChI is InChI=1S/C22H22ClN3O3/c1-14-20(21(23)26(24-14)17-7-5-4-6-8-17)22(27)25-10-9-15-11-18(28-2)19(29-3)12-16(15)13-25/h4-8,11-12H,9-10,13H2,1-3H3. The number of nitrogens with zero attached hydrogens (tertiary/aromatic N) is 3. The lowest BCUT2D eigenvalue weighted by atomic mass is 9.98. The van der Waals surface area contributed by atoms with Crippen LogP contribution in [0, 0.1) is 6.92 Å². The molecule has 0 N–H and O–H groups in total. The molecule has 1 amide bonds. The number of aromatic nitrogens is 2. The average molecular weight is 412 g/mol. The zero-order chi connectivity index (χ0) is 20.5. The molecule has 4 rings (SSSR count). The van der Waals surface area contributed by atoms with Gasteiger partial charge in [-0.15, -0.1) is 0 Å². The maximum Gasteiger partial charge on any atom is 0.259 e. The van der Waals surface area contributed by atoms with Crippen molar-refractivity contribution in [1.29, 1.82) is 0 Å². The summed E-state index contributed by atoms with van der Waals surface area (Å²) in [5.74, 6) is 1.25. The van der Waals surface area contributed by atoms with Crippen LogP contribution in [0.15, 0.2) is 42.5 Å². The van der Waals surface area contributed by atoms with Gasteiger partial charge in [0.05, 0.1) is 31.2 Å². The highest BCUT2D eigenvalue weighted by Crippen LogP contribution is 2.34. The molecular formula is C22H22ClN3O3. The number of benzene rings is 2. The second-order valence-electron chi connectivity index (χ2n) is 6.95. The Balaban J connectivity index is 1.64. The lowest BCUT2D eigenvalue weighted by Gasteiger charge is -2.29. The van der Waals surface area contributed by atoms with Crippen LogP contribution in [0.4, 0.5) is 0 Å². The number of ether oxygens (including phenoxy) is 2. The number of rotatable bonds is 4. The number of carbonyl (C=O) groups is 1. The highest BCUT2D eigenvalue weighted by molar-refractivity contribution is 6.33. The van der Waals surface area contributed by atoms with E-state index in [1.54, 1.807) is 23.8 Å². The number of hydrogen-bond donors (Lipinski definition) is 0. The van der Waals surface area contributed by atoms with Crippen molar-refractivity contribution in [2.24, 2.45) is 0 Å². The van der Waals surface area contributed by atoms with Crippen LogP contribution >= 0.6 is 11.6 Å². The van der Waals surface area contributed by atoms with E-state index in [1.807, 2.05) is 49.4 Å². The third-order valence-corrected chi connectivity index (χ3v) is 5.57. The fraction of sp³-hybridized carbons (Fsp3) is 0.273. The topological polar surface area (TPSA) is 56.6 Å². The Morgan fingerprint density at radius 3 is 2.38 bits per heavy atom. The number of amides is 1. The molecule has 1 aliphatic rings. The van der Waals surface area contributed by atoms with Crippen LogP contribution in [0.1, 0.15) is 27.2 Å². The van der Waals surface area contributed by atoms with E-state index < -0.39 is 0 Å². The van der Waals surface area contributed by atoms with E-state index in [4.69, 9.17) is 21.1 Å². The minimum atomic E-state index is -0.116. The zero-order valence-corrected chi connectivity index (χ0v) is 17.4. The monoisotopic (exact) mass is 411 g/mol. The molecule has 7 heteroatoms. The summed E-state index contributed by atoms with van der Waals surface area (Å²) in [4.78, 5) is 15.1. The quantitative estimate of drug-likeness (QED) is 0.650. The molecule has 0 radical (unpaired) electrons. The van der Waals surface area contributed by atoms with E-state index in [0.717, 1.165) is 23.2 Å². The highest BCUT2D eigenvalue weighted by atomic mass is 35.5. The van der Waals surface area contributed by atoms with Gasteiger partial charge in [-0.3, -0.25) is 4.79 Å². The van der Waals surface area contributed by atoms with E-state index in [0.29, 0.717) is 41.0 Å². The molecule has 0 saturated carbocycles. The van der Waals surface area contributed by atoms with Crippen molar-refractivity contribution in [3.8, 4) is 17.2 Å². The molecule has 0 atom stereocenters. The Hall–Kier alpha value is -2.99. The maximum atomic E-state index is 13.3. The van der Waals surface area contributed by atoms with Crippen LogP contribution in [0.2, 0.25) is 5.15 Å². The molecule has 0 bridgehead atoms. The second-order valence-corrected chi connectivity index (χ2v) is 7.31. The summed E-state index contributed by atoms with van der Waals surface area (Å²) in [7, 11) is 3.23. The van der Waals surface area contributed by atoms with Crippen LogP contribution in [-0.4, -0.2) is 41.4 Å². The largest absolute Gasteiger partial charge is 0.493 e. The number of halogens is 1. The molecule has 0 fully saturated rings. The van der Waals surface area contributed by atoms with Gasteiger partial charge in [0.25, 0.3) is 5.91 Å². The van der Waals surface area contributed by atoms with Gasteiger partial charge in [-0.1, -0.05) is 29.8 Å². The Labute approximate surface area is 174 Å². The highest BCUT2D eigenvalue weighted by Gasteiger charge is 2.28. The minimum Gasteiger partial charge on any atom is -0.493 e. The molecule has 1 aromatic heterocycles.